The van der Waals surface area contributed by atoms with Crippen LogP contribution in [-0.4, -0.2) is 33.4 Å². The molecule has 1 N–H and O–H groups in total. The fourth-order valence-electron chi connectivity index (χ4n) is 3.56. The average molecular weight is 390 g/mol. The number of likely N-dealkylation sites (tertiary alicyclic amines) is 1. The molecular formula is C22H22N4O3. The van der Waals surface area contributed by atoms with E-state index in [4.69, 9.17) is 4.52 Å². The third kappa shape index (κ3) is 4.03. The number of nitrogens with one attached hydrogen (secondary N) is 1. The summed E-state index contributed by atoms with van der Waals surface area (Å²) in [5, 5.41) is 6.81. The molecule has 0 radical (unpaired) electrons. The van der Waals surface area contributed by atoms with E-state index >= 15 is 0 Å². The minimum Gasteiger partial charge on any atom is -0.337 e. The summed E-state index contributed by atoms with van der Waals surface area (Å²) < 4.78 is 5.51. The summed E-state index contributed by atoms with van der Waals surface area (Å²) in [6.07, 6.45) is 1.64. The first-order valence-electron chi connectivity index (χ1n) is 9.60. The molecule has 1 fully saturated rings. The van der Waals surface area contributed by atoms with Gasteiger partial charge in [-0.05, 0) is 38.0 Å². The van der Waals surface area contributed by atoms with Gasteiger partial charge in [-0.25, -0.2) is 0 Å². The van der Waals surface area contributed by atoms with E-state index in [1.54, 1.807) is 29.2 Å². The van der Waals surface area contributed by atoms with E-state index in [0.717, 1.165) is 24.0 Å². The number of carbonyl (C=O) groups excluding carboxylic acids is 2. The first-order valence-corrected chi connectivity index (χ1v) is 9.60. The summed E-state index contributed by atoms with van der Waals surface area (Å²) in [4.78, 5) is 30.7. The van der Waals surface area contributed by atoms with Gasteiger partial charge in [0.1, 0.15) is 6.04 Å². The van der Waals surface area contributed by atoms with Gasteiger partial charge in [-0.1, -0.05) is 41.1 Å². The second-order valence-corrected chi connectivity index (χ2v) is 7.24. The molecule has 3 aromatic rings. The number of benzene rings is 2. The van der Waals surface area contributed by atoms with Crippen LogP contribution in [0.15, 0.2) is 53.1 Å². The molecule has 29 heavy (non-hydrogen) atoms. The van der Waals surface area contributed by atoms with Gasteiger partial charge in [0.25, 0.3) is 5.91 Å². The van der Waals surface area contributed by atoms with E-state index in [1.165, 1.54) is 6.92 Å². The van der Waals surface area contributed by atoms with E-state index in [9.17, 15) is 9.59 Å². The lowest BCUT2D eigenvalue weighted by Crippen LogP contribution is -2.30. The molecule has 4 rings (SSSR count). The highest BCUT2D eigenvalue weighted by molar-refractivity contribution is 5.97. The molecule has 7 heteroatoms. The number of carbonyl (C=O) groups is 2. The zero-order valence-electron chi connectivity index (χ0n) is 16.4. The van der Waals surface area contributed by atoms with Crippen molar-refractivity contribution in [2.45, 2.75) is 32.7 Å². The Morgan fingerprint density at radius 1 is 1.17 bits per heavy atom. The van der Waals surface area contributed by atoms with Crippen LogP contribution in [-0.2, 0) is 4.79 Å². The number of nitrogens with zero attached hydrogens (tertiary/aromatic N) is 3. The zero-order chi connectivity index (χ0) is 20.4. The van der Waals surface area contributed by atoms with Crippen molar-refractivity contribution in [1.82, 2.24) is 15.0 Å². The summed E-state index contributed by atoms with van der Waals surface area (Å²) in [6.45, 7) is 4.08. The maximum absolute atomic E-state index is 13.1. The third-order valence-electron chi connectivity index (χ3n) is 4.98. The summed E-state index contributed by atoms with van der Waals surface area (Å²) in [5.74, 6) is 0.675. The molecule has 1 aromatic heterocycles. The van der Waals surface area contributed by atoms with Gasteiger partial charge in [-0.2, -0.15) is 4.98 Å². The number of hydrogen-bond donors (Lipinski definition) is 1. The second kappa shape index (κ2) is 7.87. The maximum Gasteiger partial charge on any atom is 0.254 e. The summed E-state index contributed by atoms with van der Waals surface area (Å²) in [5.41, 5.74) is 3.15. The topological polar surface area (TPSA) is 88.3 Å². The van der Waals surface area contributed by atoms with Crippen molar-refractivity contribution in [2.75, 3.05) is 11.9 Å². The van der Waals surface area contributed by atoms with E-state index in [1.807, 2.05) is 31.2 Å². The lowest BCUT2D eigenvalue weighted by Gasteiger charge is -2.22. The number of anilines is 1. The molecule has 1 unspecified atom stereocenters. The van der Waals surface area contributed by atoms with Crippen molar-refractivity contribution in [3.8, 4) is 11.4 Å². The highest BCUT2D eigenvalue weighted by atomic mass is 16.5. The molecular weight excluding hydrogens is 368 g/mol. The fourth-order valence-corrected chi connectivity index (χ4v) is 3.56. The van der Waals surface area contributed by atoms with Crippen molar-refractivity contribution in [2.24, 2.45) is 0 Å². The van der Waals surface area contributed by atoms with Crippen molar-refractivity contribution in [1.29, 1.82) is 0 Å². The second-order valence-electron chi connectivity index (χ2n) is 7.24. The Labute approximate surface area is 168 Å². The Kier molecular flexibility index (Phi) is 5.12. The third-order valence-corrected chi connectivity index (χ3v) is 4.98. The monoisotopic (exact) mass is 390 g/mol. The van der Waals surface area contributed by atoms with E-state index < -0.39 is 0 Å². The first-order chi connectivity index (χ1) is 14.0. The van der Waals surface area contributed by atoms with Crippen LogP contribution in [0.4, 0.5) is 5.69 Å². The molecule has 0 spiro atoms. The lowest BCUT2D eigenvalue weighted by atomic mass is 10.1. The molecule has 2 heterocycles. The Morgan fingerprint density at radius 3 is 2.72 bits per heavy atom. The Hall–Kier alpha value is -3.48. The van der Waals surface area contributed by atoms with E-state index in [2.05, 4.69) is 15.5 Å². The van der Waals surface area contributed by atoms with Crippen LogP contribution < -0.4 is 5.32 Å². The van der Waals surface area contributed by atoms with E-state index in [0.29, 0.717) is 29.5 Å². The van der Waals surface area contributed by atoms with Gasteiger partial charge in [0.15, 0.2) is 0 Å². The highest BCUT2D eigenvalue weighted by Gasteiger charge is 2.34. The van der Waals surface area contributed by atoms with Crippen LogP contribution >= 0.6 is 0 Å². The van der Waals surface area contributed by atoms with Crippen molar-refractivity contribution in [3.63, 3.8) is 0 Å². The van der Waals surface area contributed by atoms with Crippen LogP contribution in [0.25, 0.3) is 11.4 Å². The Bertz CT molecular complexity index is 1040. The molecule has 2 amide bonds. The quantitative estimate of drug-likeness (QED) is 0.728. The van der Waals surface area contributed by atoms with Crippen LogP contribution in [0.3, 0.4) is 0 Å². The van der Waals surface area contributed by atoms with Gasteiger partial charge in [-0.3, -0.25) is 9.59 Å². The lowest BCUT2D eigenvalue weighted by molar-refractivity contribution is -0.114. The zero-order valence-corrected chi connectivity index (χ0v) is 16.4. The number of amides is 2. The predicted molar refractivity (Wildman–Crippen MR) is 108 cm³/mol. The first kappa shape index (κ1) is 18.9. The molecule has 1 aliphatic heterocycles. The highest BCUT2D eigenvalue weighted by Crippen LogP contribution is 2.33. The molecule has 2 aromatic carbocycles. The standard InChI is InChI=1S/C22H22N4O3/c1-14-8-10-16(11-9-14)20-24-21(29-25-20)19-7-4-12-26(19)22(28)17-5-3-6-18(13-17)23-15(2)27/h3,5-6,8-11,13,19H,4,7,12H2,1-2H3,(H,23,27). The maximum atomic E-state index is 13.1. The van der Waals surface area contributed by atoms with Crippen LogP contribution in [0.5, 0.6) is 0 Å². The van der Waals surface area contributed by atoms with Gasteiger partial charge < -0.3 is 14.7 Å². The Morgan fingerprint density at radius 2 is 1.97 bits per heavy atom. The largest absolute Gasteiger partial charge is 0.337 e. The molecule has 7 nitrogen and oxygen atoms in total. The summed E-state index contributed by atoms with van der Waals surface area (Å²) in [7, 11) is 0. The summed E-state index contributed by atoms with van der Waals surface area (Å²) >= 11 is 0. The van der Waals surface area contributed by atoms with Gasteiger partial charge in [0.2, 0.25) is 17.6 Å². The van der Waals surface area contributed by atoms with Crippen LogP contribution in [0.2, 0.25) is 0 Å². The molecule has 148 valence electrons. The van der Waals surface area contributed by atoms with Gasteiger partial charge in [0.05, 0.1) is 0 Å². The number of aromatic nitrogens is 2. The predicted octanol–water partition coefficient (Wildman–Crippen LogP) is 3.98. The molecule has 0 saturated carbocycles. The van der Waals surface area contributed by atoms with Crippen LogP contribution in [0, 0.1) is 6.92 Å². The van der Waals surface area contributed by atoms with E-state index in [-0.39, 0.29) is 17.9 Å². The number of rotatable bonds is 4. The average Bonchev–Trinajstić information content (AvgIpc) is 3.37. The summed E-state index contributed by atoms with van der Waals surface area (Å²) in [6, 6.07) is 14.6. The minimum atomic E-state index is -0.251. The molecule has 0 aliphatic carbocycles. The number of aryl methyl sites for hydroxylation is 1. The van der Waals surface area contributed by atoms with Crippen molar-refractivity contribution >= 4 is 17.5 Å². The molecule has 1 saturated heterocycles. The molecule has 1 atom stereocenters. The molecule has 1 aliphatic rings. The minimum absolute atomic E-state index is 0.116. The fraction of sp³-hybridized carbons (Fsp3) is 0.273. The SMILES string of the molecule is CC(=O)Nc1cccc(C(=O)N2CCCC2c2nc(-c3ccc(C)cc3)no2)c1. The number of hydrogen-bond acceptors (Lipinski definition) is 5. The van der Waals surface area contributed by atoms with Crippen molar-refractivity contribution in [3.05, 3.63) is 65.5 Å². The Balaban J connectivity index is 1.56. The van der Waals surface area contributed by atoms with Gasteiger partial charge in [-0.15, -0.1) is 0 Å². The molecule has 0 bridgehead atoms. The smallest absolute Gasteiger partial charge is 0.254 e. The van der Waals surface area contributed by atoms with Crippen molar-refractivity contribution < 1.29 is 14.1 Å². The normalized spacial score (nSPS) is 16.1. The van der Waals surface area contributed by atoms with Gasteiger partial charge in [0, 0.05) is 30.3 Å². The van der Waals surface area contributed by atoms with Crippen LogP contribution in [0.1, 0.15) is 47.6 Å². The van der Waals surface area contributed by atoms with Gasteiger partial charge >= 0.3 is 0 Å².